The molecule has 0 bridgehead atoms. The molecule has 6 heteroatoms. The molecule has 21 heavy (non-hydrogen) atoms. The highest BCUT2D eigenvalue weighted by Gasteiger charge is 2.09. The van der Waals surface area contributed by atoms with Gasteiger partial charge in [0.2, 0.25) is 0 Å². The highest BCUT2D eigenvalue weighted by atomic mass is 32.2. The lowest BCUT2D eigenvalue weighted by Crippen LogP contribution is -2.35. The summed E-state index contributed by atoms with van der Waals surface area (Å²) in [5.41, 5.74) is 1.87. The van der Waals surface area contributed by atoms with E-state index in [0.29, 0.717) is 6.54 Å². The summed E-state index contributed by atoms with van der Waals surface area (Å²) in [5.74, 6) is 0. The molecule has 0 radical (unpaired) electrons. The van der Waals surface area contributed by atoms with E-state index in [1.54, 1.807) is 6.26 Å². The molecule has 0 aliphatic rings. The minimum absolute atomic E-state index is 0.0594. The first-order chi connectivity index (χ1) is 9.93. The molecule has 1 aromatic rings. The summed E-state index contributed by atoms with van der Waals surface area (Å²) < 4.78 is 11.2. The van der Waals surface area contributed by atoms with Crippen molar-refractivity contribution in [3.8, 4) is 0 Å². The molecule has 0 aromatic heterocycles. The van der Waals surface area contributed by atoms with Gasteiger partial charge in [-0.2, -0.15) is 0 Å². The molecule has 3 N–H and O–H groups in total. The zero-order valence-electron chi connectivity index (χ0n) is 13.1. The van der Waals surface area contributed by atoms with Gasteiger partial charge in [0, 0.05) is 40.6 Å². The third-order valence-electron chi connectivity index (χ3n) is 3.27. The van der Waals surface area contributed by atoms with Crippen LogP contribution in [-0.2, 0) is 10.8 Å². The molecule has 0 aliphatic heterocycles. The fourth-order valence-electron chi connectivity index (χ4n) is 1.84. The molecule has 0 aliphatic carbocycles. The van der Waals surface area contributed by atoms with Crippen molar-refractivity contribution in [2.24, 2.45) is 0 Å². The number of anilines is 1. The largest absolute Gasteiger partial charge is 0.337 e. The Morgan fingerprint density at radius 1 is 1.33 bits per heavy atom. The number of rotatable bonds is 7. The first-order valence-corrected chi connectivity index (χ1v) is 8.76. The number of hydrogen-bond acceptors (Lipinski definition) is 3. The molecule has 0 saturated heterocycles. The van der Waals surface area contributed by atoms with Crippen LogP contribution in [-0.4, -0.2) is 34.8 Å². The third-order valence-corrected chi connectivity index (χ3v) is 4.57. The maximum atomic E-state index is 11.8. The van der Waals surface area contributed by atoms with Gasteiger partial charge in [-0.25, -0.2) is 4.79 Å². The molecule has 0 saturated carbocycles. The SMILES string of the molecule is CCNC(C)c1cccc(NC(=O)NCC(C)S(C)=O)c1. The quantitative estimate of drug-likeness (QED) is 0.723. The number of benzene rings is 1. The van der Waals surface area contributed by atoms with Crippen molar-refractivity contribution in [2.75, 3.05) is 24.7 Å². The first kappa shape index (κ1) is 17.7. The van der Waals surface area contributed by atoms with Crippen LogP contribution in [0.15, 0.2) is 24.3 Å². The van der Waals surface area contributed by atoms with Crippen LogP contribution in [0.5, 0.6) is 0 Å². The minimum atomic E-state index is -0.936. The van der Waals surface area contributed by atoms with Crippen LogP contribution in [0.3, 0.4) is 0 Å². The molecular weight excluding hydrogens is 286 g/mol. The third kappa shape index (κ3) is 6.27. The average molecular weight is 311 g/mol. The van der Waals surface area contributed by atoms with Crippen LogP contribution in [0.1, 0.15) is 32.4 Å². The fraction of sp³-hybridized carbons (Fsp3) is 0.533. The lowest BCUT2D eigenvalue weighted by molar-refractivity contribution is 0.252. The van der Waals surface area contributed by atoms with Crippen molar-refractivity contribution in [1.82, 2.24) is 10.6 Å². The number of amides is 2. The Labute approximate surface area is 129 Å². The van der Waals surface area contributed by atoms with Crippen molar-refractivity contribution >= 4 is 22.5 Å². The van der Waals surface area contributed by atoms with E-state index in [9.17, 15) is 9.00 Å². The second-order valence-corrected chi connectivity index (χ2v) is 6.85. The standard InChI is InChI=1S/C15H25N3O2S/c1-5-16-12(3)13-7-6-8-14(9-13)18-15(19)17-10-11(2)21(4)20/h6-9,11-12,16H,5,10H2,1-4H3,(H2,17,18,19). The van der Waals surface area contributed by atoms with Crippen molar-refractivity contribution in [1.29, 1.82) is 0 Å². The lowest BCUT2D eigenvalue weighted by Gasteiger charge is -2.15. The minimum Gasteiger partial charge on any atom is -0.337 e. The van der Waals surface area contributed by atoms with Gasteiger partial charge in [-0.3, -0.25) is 4.21 Å². The molecule has 0 spiro atoms. The summed E-state index contributed by atoms with van der Waals surface area (Å²) in [6.45, 7) is 7.27. The first-order valence-electron chi connectivity index (χ1n) is 7.14. The maximum Gasteiger partial charge on any atom is 0.319 e. The predicted octanol–water partition coefficient (Wildman–Crippen LogP) is 2.25. The van der Waals surface area contributed by atoms with Crippen molar-refractivity contribution in [3.05, 3.63) is 29.8 Å². The van der Waals surface area contributed by atoms with E-state index >= 15 is 0 Å². The van der Waals surface area contributed by atoms with E-state index in [1.165, 1.54) is 0 Å². The van der Waals surface area contributed by atoms with Crippen molar-refractivity contribution < 1.29 is 9.00 Å². The lowest BCUT2D eigenvalue weighted by atomic mass is 10.1. The molecule has 2 amide bonds. The van der Waals surface area contributed by atoms with E-state index in [-0.39, 0.29) is 17.3 Å². The molecule has 118 valence electrons. The zero-order chi connectivity index (χ0) is 15.8. The smallest absolute Gasteiger partial charge is 0.319 e. The van der Waals surface area contributed by atoms with Gasteiger partial charge in [0.15, 0.2) is 0 Å². The van der Waals surface area contributed by atoms with Crippen LogP contribution < -0.4 is 16.0 Å². The fourth-order valence-corrected chi connectivity index (χ4v) is 2.16. The van der Waals surface area contributed by atoms with Crippen LogP contribution in [0.2, 0.25) is 0 Å². The monoisotopic (exact) mass is 311 g/mol. The number of nitrogens with one attached hydrogen (secondary N) is 3. The summed E-state index contributed by atoms with van der Waals surface area (Å²) in [7, 11) is -0.936. The maximum absolute atomic E-state index is 11.8. The van der Waals surface area contributed by atoms with Crippen LogP contribution in [0.25, 0.3) is 0 Å². The number of carbonyl (C=O) groups excluding carboxylic acids is 1. The summed E-state index contributed by atoms with van der Waals surface area (Å²) in [6, 6.07) is 7.71. The van der Waals surface area contributed by atoms with Gasteiger partial charge in [0.1, 0.15) is 0 Å². The summed E-state index contributed by atoms with van der Waals surface area (Å²) in [6.07, 6.45) is 1.63. The Hall–Kier alpha value is -1.40. The molecule has 3 atom stereocenters. The molecule has 0 heterocycles. The van der Waals surface area contributed by atoms with Crippen molar-refractivity contribution in [2.45, 2.75) is 32.1 Å². The zero-order valence-corrected chi connectivity index (χ0v) is 13.9. The molecule has 1 rings (SSSR count). The normalized spacial score (nSPS) is 15.0. The number of carbonyl (C=O) groups is 1. The second-order valence-electron chi connectivity index (χ2n) is 5.05. The topological polar surface area (TPSA) is 70.2 Å². The number of hydrogen-bond donors (Lipinski definition) is 3. The average Bonchev–Trinajstić information content (AvgIpc) is 2.45. The Morgan fingerprint density at radius 2 is 2.05 bits per heavy atom. The van der Waals surface area contributed by atoms with Gasteiger partial charge in [-0.15, -0.1) is 0 Å². The van der Waals surface area contributed by atoms with Crippen LogP contribution in [0.4, 0.5) is 10.5 Å². The number of urea groups is 1. The van der Waals surface area contributed by atoms with Gasteiger partial charge in [0.25, 0.3) is 0 Å². The molecule has 5 nitrogen and oxygen atoms in total. The van der Waals surface area contributed by atoms with E-state index in [1.807, 2.05) is 31.2 Å². The molecule has 0 fully saturated rings. The highest BCUT2D eigenvalue weighted by molar-refractivity contribution is 7.84. The Balaban J connectivity index is 2.56. The van der Waals surface area contributed by atoms with Gasteiger partial charge >= 0.3 is 6.03 Å². The van der Waals surface area contributed by atoms with E-state index in [2.05, 4.69) is 29.8 Å². The van der Waals surface area contributed by atoms with Crippen LogP contribution >= 0.6 is 0 Å². The van der Waals surface area contributed by atoms with Crippen LogP contribution in [0, 0.1) is 0 Å². The highest BCUT2D eigenvalue weighted by Crippen LogP contribution is 2.17. The summed E-state index contributed by atoms with van der Waals surface area (Å²) in [4.78, 5) is 11.8. The Bertz CT molecular complexity index is 494. The Kier molecular flexibility index (Phi) is 7.39. The predicted molar refractivity (Wildman–Crippen MR) is 89.1 cm³/mol. The van der Waals surface area contributed by atoms with E-state index < -0.39 is 10.8 Å². The van der Waals surface area contributed by atoms with Gasteiger partial charge in [-0.1, -0.05) is 19.1 Å². The Morgan fingerprint density at radius 3 is 2.67 bits per heavy atom. The van der Waals surface area contributed by atoms with Gasteiger partial charge < -0.3 is 16.0 Å². The van der Waals surface area contributed by atoms with Crippen molar-refractivity contribution in [3.63, 3.8) is 0 Å². The van der Waals surface area contributed by atoms with E-state index in [0.717, 1.165) is 17.8 Å². The molecule has 1 aromatic carbocycles. The molecular formula is C15H25N3O2S. The van der Waals surface area contributed by atoms with Gasteiger partial charge in [0.05, 0.1) is 0 Å². The summed E-state index contributed by atoms with van der Waals surface area (Å²) in [5, 5.41) is 8.80. The summed E-state index contributed by atoms with van der Waals surface area (Å²) >= 11 is 0. The second kappa shape index (κ2) is 8.79. The van der Waals surface area contributed by atoms with Gasteiger partial charge in [-0.05, 0) is 38.1 Å². The van der Waals surface area contributed by atoms with E-state index in [4.69, 9.17) is 0 Å². The molecule has 3 unspecified atom stereocenters.